The van der Waals surface area contributed by atoms with E-state index in [2.05, 4.69) is 52.8 Å². The lowest BCUT2D eigenvalue weighted by Gasteiger charge is -2.23. The molecular weight excluding hydrogens is 220 g/mol. The number of rotatable bonds is 6. The van der Waals surface area contributed by atoms with Crippen LogP contribution in [0.15, 0.2) is 18.2 Å². The molecule has 0 aliphatic carbocycles. The Labute approximate surface area is 113 Å². The van der Waals surface area contributed by atoms with Crippen LogP contribution in [0.3, 0.4) is 0 Å². The minimum absolute atomic E-state index is 0.144. The maximum atomic E-state index is 5.97. The summed E-state index contributed by atoms with van der Waals surface area (Å²) in [6, 6.07) is 6.51. The summed E-state index contributed by atoms with van der Waals surface area (Å²) >= 11 is 0. The van der Waals surface area contributed by atoms with Crippen molar-refractivity contribution in [2.75, 3.05) is 6.61 Å². The van der Waals surface area contributed by atoms with Crippen LogP contribution in [0, 0.1) is 6.92 Å². The third-order valence-corrected chi connectivity index (χ3v) is 3.20. The Morgan fingerprint density at radius 3 is 2.39 bits per heavy atom. The number of hydrogen-bond acceptors (Lipinski definition) is 1. The molecule has 0 saturated heterocycles. The second-order valence-corrected chi connectivity index (χ2v) is 6.16. The normalized spacial score (nSPS) is 11.6. The van der Waals surface area contributed by atoms with Crippen molar-refractivity contribution in [2.24, 2.45) is 0 Å². The molecule has 0 aliphatic heterocycles. The molecule has 0 atom stereocenters. The number of benzene rings is 1. The average Bonchev–Trinajstić information content (AvgIpc) is 2.29. The van der Waals surface area contributed by atoms with E-state index in [0.717, 1.165) is 18.8 Å². The molecule has 1 aromatic carbocycles. The number of ether oxygens (including phenoxy) is 1. The highest BCUT2D eigenvalue weighted by molar-refractivity contribution is 5.41. The topological polar surface area (TPSA) is 9.23 Å². The van der Waals surface area contributed by atoms with Crippen LogP contribution in [0.1, 0.15) is 64.5 Å². The van der Waals surface area contributed by atoms with E-state index in [1.165, 1.54) is 30.4 Å². The van der Waals surface area contributed by atoms with Crippen LogP contribution in [-0.2, 0) is 5.41 Å². The predicted molar refractivity (Wildman–Crippen MR) is 79.5 cm³/mol. The molecule has 0 N–H and O–H groups in total. The fraction of sp³-hybridized carbons (Fsp3) is 0.647. The fourth-order valence-corrected chi connectivity index (χ4v) is 2.07. The molecule has 1 nitrogen and oxygen atoms in total. The Morgan fingerprint density at radius 2 is 1.78 bits per heavy atom. The molecule has 0 bridgehead atoms. The van der Waals surface area contributed by atoms with Crippen LogP contribution >= 0.6 is 0 Å². The minimum atomic E-state index is 0.144. The van der Waals surface area contributed by atoms with Crippen molar-refractivity contribution >= 4 is 0 Å². The first-order valence-electron chi connectivity index (χ1n) is 7.19. The standard InChI is InChI=1S/C17H28O/c1-6-7-8-9-12-18-16-11-10-14(2)13-15(16)17(3,4)5/h10-11,13H,6-9,12H2,1-5H3. The summed E-state index contributed by atoms with van der Waals surface area (Å²) in [4.78, 5) is 0. The Bertz CT molecular complexity index is 360. The molecule has 1 heteroatoms. The average molecular weight is 248 g/mol. The lowest BCUT2D eigenvalue weighted by atomic mass is 9.85. The van der Waals surface area contributed by atoms with Crippen LogP contribution in [0.5, 0.6) is 5.75 Å². The van der Waals surface area contributed by atoms with Gasteiger partial charge in [0.25, 0.3) is 0 Å². The minimum Gasteiger partial charge on any atom is -0.493 e. The van der Waals surface area contributed by atoms with E-state index in [1.54, 1.807) is 0 Å². The van der Waals surface area contributed by atoms with Crippen LogP contribution in [0.2, 0.25) is 0 Å². The molecule has 0 aromatic heterocycles. The van der Waals surface area contributed by atoms with Gasteiger partial charge in [-0.1, -0.05) is 64.7 Å². The van der Waals surface area contributed by atoms with Gasteiger partial charge in [0.15, 0.2) is 0 Å². The Balaban J connectivity index is 2.65. The highest BCUT2D eigenvalue weighted by atomic mass is 16.5. The summed E-state index contributed by atoms with van der Waals surface area (Å²) in [5.74, 6) is 1.06. The van der Waals surface area contributed by atoms with Crippen LogP contribution in [0.4, 0.5) is 0 Å². The molecule has 0 spiro atoms. The van der Waals surface area contributed by atoms with Gasteiger partial charge in [0.2, 0.25) is 0 Å². The van der Waals surface area contributed by atoms with Crippen molar-refractivity contribution in [2.45, 2.75) is 65.7 Å². The number of hydrogen-bond donors (Lipinski definition) is 0. The zero-order valence-corrected chi connectivity index (χ0v) is 12.7. The summed E-state index contributed by atoms with van der Waals surface area (Å²) in [5, 5.41) is 0. The third kappa shape index (κ3) is 4.72. The summed E-state index contributed by atoms with van der Waals surface area (Å²) in [6.45, 7) is 11.9. The molecular formula is C17H28O. The molecule has 0 saturated carbocycles. The summed E-state index contributed by atoms with van der Waals surface area (Å²) < 4.78 is 5.97. The van der Waals surface area contributed by atoms with Gasteiger partial charge in [-0.05, 0) is 30.4 Å². The molecule has 0 radical (unpaired) electrons. The molecule has 0 fully saturated rings. The summed E-state index contributed by atoms with van der Waals surface area (Å²) in [5.41, 5.74) is 2.77. The van der Waals surface area contributed by atoms with Crippen LogP contribution in [0.25, 0.3) is 0 Å². The smallest absolute Gasteiger partial charge is 0.123 e. The monoisotopic (exact) mass is 248 g/mol. The lowest BCUT2D eigenvalue weighted by molar-refractivity contribution is 0.297. The van der Waals surface area contributed by atoms with Crippen molar-refractivity contribution in [3.05, 3.63) is 29.3 Å². The van der Waals surface area contributed by atoms with Crippen molar-refractivity contribution in [3.8, 4) is 5.75 Å². The highest BCUT2D eigenvalue weighted by Gasteiger charge is 2.18. The van der Waals surface area contributed by atoms with Crippen LogP contribution in [-0.4, -0.2) is 6.61 Å². The van der Waals surface area contributed by atoms with Crippen molar-refractivity contribution in [3.63, 3.8) is 0 Å². The number of aryl methyl sites for hydroxylation is 1. The zero-order valence-electron chi connectivity index (χ0n) is 12.7. The van der Waals surface area contributed by atoms with E-state index in [4.69, 9.17) is 4.74 Å². The van der Waals surface area contributed by atoms with Crippen LogP contribution < -0.4 is 4.74 Å². The fourth-order valence-electron chi connectivity index (χ4n) is 2.07. The van der Waals surface area contributed by atoms with E-state index in [-0.39, 0.29) is 5.41 Å². The molecule has 0 amide bonds. The molecule has 1 rings (SSSR count). The summed E-state index contributed by atoms with van der Waals surface area (Å²) in [7, 11) is 0. The van der Waals surface area contributed by atoms with Crippen molar-refractivity contribution in [1.29, 1.82) is 0 Å². The second kappa shape index (κ2) is 6.82. The summed E-state index contributed by atoms with van der Waals surface area (Å²) in [6.07, 6.45) is 5.01. The Hall–Kier alpha value is -0.980. The van der Waals surface area contributed by atoms with Gasteiger partial charge in [0.05, 0.1) is 6.61 Å². The van der Waals surface area contributed by atoms with Gasteiger partial charge in [-0.3, -0.25) is 0 Å². The first-order chi connectivity index (χ1) is 8.45. The SMILES string of the molecule is CCCCCCOc1ccc(C)cc1C(C)(C)C. The van der Waals surface area contributed by atoms with Gasteiger partial charge < -0.3 is 4.74 Å². The van der Waals surface area contributed by atoms with Gasteiger partial charge in [-0.15, -0.1) is 0 Å². The van der Waals surface area contributed by atoms with E-state index < -0.39 is 0 Å². The first kappa shape index (κ1) is 15.1. The quantitative estimate of drug-likeness (QED) is 0.625. The number of unbranched alkanes of at least 4 members (excludes halogenated alkanes) is 3. The van der Waals surface area contributed by atoms with E-state index in [1.807, 2.05) is 0 Å². The van der Waals surface area contributed by atoms with Crippen molar-refractivity contribution < 1.29 is 4.74 Å². The molecule has 18 heavy (non-hydrogen) atoms. The van der Waals surface area contributed by atoms with Gasteiger partial charge in [-0.25, -0.2) is 0 Å². The Kier molecular flexibility index (Phi) is 5.71. The van der Waals surface area contributed by atoms with E-state index >= 15 is 0 Å². The van der Waals surface area contributed by atoms with E-state index in [9.17, 15) is 0 Å². The third-order valence-electron chi connectivity index (χ3n) is 3.20. The largest absolute Gasteiger partial charge is 0.493 e. The molecule has 0 unspecified atom stereocenters. The van der Waals surface area contributed by atoms with Gasteiger partial charge >= 0.3 is 0 Å². The second-order valence-electron chi connectivity index (χ2n) is 6.16. The van der Waals surface area contributed by atoms with Gasteiger partial charge in [0.1, 0.15) is 5.75 Å². The predicted octanol–water partition coefficient (Wildman–Crippen LogP) is 5.25. The molecule has 0 aliphatic rings. The van der Waals surface area contributed by atoms with Gasteiger partial charge in [-0.2, -0.15) is 0 Å². The van der Waals surface area contributed by atoms with Gasteiger partial charge in [0, 0.05) is 0 Å². The maximum Gasteiger partial charge on any atom is 0.123 e. The van der Waals surface area contributed by atoms with E-state index in [0.29, 0.717) is 0 Å². The van der Waals surface area contributed by atoms with Crippen molar-refractivity contribution in [1.82, 2.24) is 0 Å². The lowest BCUT2D eigenvalue weighted by Crippen LogP contribution is -2.14. The molecule has 1 aromatic rings. The first-order valence-corrected chi connectivity index (χ1v) is 7.19. The zero-order chi connectivity index (χ0) is 13.6. The molecule has 102 valence electrons. The molecule has 0 heterocycles. The highest BCUT2D eigenvalue weighted by Crippen LogP contribution is 2.32. The maximum absolute atomic E-state index is 5.97. The Morgan fingerprint density at radius 1 is 1.06 bits per heavy atom.